The van der Waals surface area contributed by atoms with Crippen LogP contribution in [0.25, 0.3) is 0 Å². The van der Waals surface area contributed by atoms with Crippen molar-refractivity contribution in [1.82, 2.24) is 20.2 Å². The van der Waals surface area contributed by atoms with E-state index in [0.717, 1.165) is 15.6 Å². The molecular formula is C29H29BrN6O4. The number of rotatable bonds is 10. The van der Waals surface area contributed by atoms with Crippen LogP contribution in [0.1, 0.15) is 37.9 Å². The highest BCUT2D eigenvalue weighted by Crippen LogP contribution is 2.39. The molecular weight excluding hydrogens is 576 g/mol. The summed E-state index contributed by atoms with van der Waals surface area (Å²) >= 11 is 3.50. The van der Waals surface area contributed by atoms with Crippen molar-refractivity contribution in [1.29, 1.82) is 0 Å². The fraction of sp³-hybridized carbons (Fsp3) is 0.241. The predicted octanol–water partition coefficient (Wildman–Crippen LogP) is 5.74. The van der Waals surface area contributed by atoms with Crippen molar-refractivity contribution in [2.75, 3.05) is 23.8 Å². The molecule has 0 saturated heterocycles. The highest BCUT2D eigenvalue weighted by molar-refractivity contribution is 9.10. The summed E-state index contributed by atoms with van der Waals surface area (Å²) in [5, 5.41) is 18.3. The fourth-order valence-corrected chi connectivity index (χ4v) is 4.97. The molecule has 4 aromatic rings. The molecule has 1 aliphatic heterocycles. The van der Waals surface area contributed by atoms with Gasteiger partial charge >= 0.3 is 0 Å². The van der Waals surface area contributed by atoms with Crippen LogP contribution < -0.4 is 24.8 Å². The first kappa shape index (κ1) is 27.2. The molecule has 5 rings (SSSR count). The van der Waals surface area contributed by atoms with Crippen LogP contribution in [0.4, 0.5) is 11.6 Å². The zero-order valence-corrected chi connectivity index (χ0v) is 23.9. The lowest BCUT2D eigenvalue weighted by Gasteiger charge is -2.28. The minimum atomic E-state index is -0.621. The van der Waals surface area contributed by atoms with Gasteiger partial charge in [0, 0.05) is 10.2 Å². The Morgan fingerprint density at radius 1 is 0.975 bits per heavy atom. The molecule has 10 nitrogen and oxygen atoms in total. The molecule has 3 aromatic carbocycles. The number of hydrogen-bond donors (Lipinski definition) is 2. The summed E-state index contributed by atoms with van der Waals surface area (Å²) in [6.07, 6.45) is 0. The molecule has 1 unspecified atom stereocenters. The van der Waals surface area contributed by atoms with Gasteiger partial charge in [0.15, 0.2) is 11.5 Å². The van der Waals surface area contributed by atoms with Gasteiger partial charge in [0.2, 0.25) is 5.95 Å². The summed E-state index contributed by atoms with van der Waals surface area (Å²) in [7, 11) is 0. The summed E-state index contributed by atoms with van der Waals surface area (Å²) in [6, 6.07) is 20.2. The molecule has 0 saturated carbocycles. The van der Waals surface area contributed by atoms with E-state index >= 15 is 0 Å². The van der Waals surface area contributed by atoms with E-state index in [0.29, 0.717) is 60.0 Å². The van der Waals surface area contributed by atoms with Gasteiger partial charge < -0.3 is 24.8 Å². The monoisotopic (exact) mass is 604 g/mol. The Morgan fingerprint density at radius 3 is 2.58 bits per heavy atom. The number of fused-ring (bicyclic) bond motifs is 1. The number of nitrogens with zero attached hydrogens (tertiary/aromatic N) is 4. The number of tetrazole rings is 1. The molecule has 11 heteroatoms. The van der Waals surface area contributed by atoms with Crippen LogP contribution in [-0.4, -0.2) is 39.3 Å². The number of para-hydroxylation sites is 2. The lowest BCUT2D eigenvalue weighted by atomic mass is 9.94. The average molecular weight is 605 g/mol. The van der Waals surface area contributed by atoms with Gasteiger partial charge in [-0.15, -0.1) is 0 Å². The lowest BCUT2D eigenvalue weighted by molar-refractivity contribution is -0.113. The molecule has 206 valence electrons. The van der Waals surface area contributed by atoms with E-state index in [-0.39, 0.29) is 5.91 Å². The quantitative estimate of drug-likeness (QED) is 0.236. The van der Waals surface area contributed by atoms with Gasteiger partial charge in [-0.05, 0) is 78.7 Å². The van der Waals surface area contributed by atoms with Gasteiger partial charge in [-0.25, -0.2) is 0 Å². The van der Waals surface area contributed by atoms with Crippen molar-refractivity contribution in [2.45, 2.75) is 33.4 Å². The first-order valence-electron chi connectivity index (χ1n) is 12.9. The molecule has 0 bridgehead atoms. The van der Waals surface area contributed by atoms with Crippen LogP contribution in [0.3, 0.4) is 0 Å². The van der Waals surface area contributed by atoms with E-state index in [1.807, 2.05) is 81.4 Å². The van der Waals surface area contributed by atoms with Gasteiger partial charge in [-0.2, -0.15) is 4.68 Å². The molecule has 0 radical (unpaired) electrons. The summed E-state index contributed by atoms with van der Waals surface area (Å²) < 4.78 is 20.4. The highest BCUT2D eigenvalue weighted by atomic mass is 79.9. The van der Waals surface area contributed by atoms with Crippen LogP contribution in [0.5, 0.6) is 17.2 Å². The molecule has 2 heterocycles. The molecule has 0 aliphatic carbocycles. The van der Waals surface area contributed by atoms with Gasteiger partial charge in [-0.3, -0.25) is 4.79 Å². The molecule has 2 N–H and O–H groups in total. The number of halogens is 1. The highest BCUT2D eigenvalue weighted by Gasteiger charge is 2.35. The maximum absolute atomic E-state index is 13.8. The summed E-state index contributed by atoms with van der Waals surface area (Å²) in [5.41, 5.74) is 3.43. The van der Waals surface area contributed by atoms with E-state index in [9.17, 15) is 4.79 Å². The largest absolute Gasteiger partial charge is 0.492 e. The maximum atomic E-state index is 13.8. The van der Waals surface area contributed by atoms with Crippen molar-refractivity contribution < 1.29 is 19.0 Å². The summed E-state index contributed by atoms with van der Waals surface area (Å²) in [6.45, 7) is 6.92. The SMILES string of the molecule is CCOc1ccccc1NC(=O)C1=C(C)Nc2nnnn2C1c1ccc(OCc2cccc(Br)c2)c(OCC)c1. The van der Waals surface area contributed by atoms with Gasteiger partial charge in [0.05, 0.1) is 24.5 Å². The molecule has 0 spiro atoms. The molecule has 0 fully saturated rings. The number of carbonyl (C=O) groups is 1. The minimum absolute atomic E-state index is 0.309. The molecule has 1 amide bonds. The smallest absolute Gasteiger partial charge is 0.255 e. The van der Waals surface area contributed by atoms with Gasteiger partial charge in [0.25, 0.3) is 5.91 Å². The molecule has 40 heavy (non-hydrogen) atoms. The first-order valence-corrected chi connectivity index (χ1v) is 13.7. The third-order valence-electron chi connectivity index (χ3n) is 6.26. The number of benzene rings is 3. The minimum Gasteiger partial charge on any atom is -0.492 e. The second-order valence-electron chi connectivity index (χ2n) is 8.95. The lowest BCUT2D eigenvalue weighted by Crippen LogP contribution is -2.31. The van der Waals surface area contributed by atoms with Crippen LogP contribution >= 0.6 is 15.9 Å². The number of allylic oxidation sites excluding steroid dienone is 1. The van der Waals surface area contributed by atoms with Crippen LogP contribution in [-0.2, 0) is 11.4 Å². The van der Waals surface area contributed by atoms with E-state index in [1.54, 1.807) is 10.7 Å². The molecule has 1 aromatic heterocycles. The van der Waals surface area contributed by atoms with Crippen molar-refractivity contribution in [3.05, 3.63) is 93.6 Å². The number of carbonyl (C=O) groups excluding carboxylic acids is 1. The number of amides is 1. The third-order valence-corrected chi connectivity index (χ3v) is 6.75. The Morgan fingerprint density at radius 2 is 1.77 bits per heavy atom. The van der Waals surface area contributed by atoms with E-state index in [2.05, 4.69) is 42.1 Å². The summed E-state index contributed by atoms with van der Waals surface area (Å²) in [4.78, 5) is 13.8. The number of aromatic nitrogens is 4. The Kier molecular flexibility index (Phi) is 8.30. The van der Waals surface area contributed by atoms with E-state index in [1.165, 1.54) is 0 Å². The predicted molar refractivity (Wildman–Crippen MR) is 155 cm³/mol. The maximum Gasteiger partial charge on any atom is 0.255 e. The van der Waals surface area contributed by atoms with E-state index < -0.39 is 6.04 Å². The summed E-state index contributed by atoms with van der Waals surface area (Å²) in [5.74, 6) is 1.86. The van der Waals surface area contributed by atoms with Crippen LogP contribution in [0, 0.1) is 0 Å². The van der Waals surface area contributed by atoms with Gasteiger partial charge in [0.1, 0.15) is 18.4 Å². The normalized spacial score (nSPS) is 14.2. The average Bonchev–Trinajstić information content (AvgIpc) is 3.41. The van der Waals surface area contributed by atoms with Crippen molar-refractivity contribution in [3.63, 3.8) is 0 Å². The van der Waals surface area contributed by atoms with Crippen molar-refractivity contribution >= 4 is 33.5 Å². The van der Waals surface area contributed by atoms with E-state index in [4.69, 9.17) is 14.2 Å². The first-order chi connectivity index (χ1) is 19.5. The Labute approximate surface area is 240 Å². The number of hydrogen-bond acceptors (Lipinski definition) is 8. The second-order valence-corrected chi connectivity index (χ2v) is 9.87. The zero-order chi connectivity index (χ0) is 28.1. The van der Waals surface area contributed by atoms with Crippen LogP contribution in [0.2, 0.25) is 0 Å². The van der Waals surface area contributed by atoms with Gasteiger partial charge in [-0.1, -0.05) is 51.4 Å². The standard InChI is InChI=1S/C29H29BrN6O4/c1-4-38-23-12-7-6-11-22(23)32-28(37)26-18(3)31-29-33-34-35-36(29)27(26)20-13-14-24(25(16-20)39-5-2)40-17-19-9-8-10-21(30)15-19/h6-16,27H,4-5,17H2,1-3H3,(H,32,37)(H,31,33,35). The third kappa shape index (κ3) is 5.79. The Balaban J connectivity index is 1.49. The van der Waals surface area contributed by atoms with Crippen molar-refractivity contribution in [2.24, 2.45) is 0 Å². The second kappa shape index (κ2) is 12.2. The van der Waals surface area contributed by atoms with Crippen LogP contribution in [0.15, 0.2) is 82.5 Å². The zero-order valence-electron chi connectivity index (χ0n) is 22.3. The number of ether oxygens (including phenoxy) is 3. The van der Waals surface area contributed by atoms with Crippen molar-refractivity contribution in [3.8, 4) is 17.2 Å². The Bertz CT molecular complexity index is 1550. The topological polar surface area (TPSA) is 112 Å². The number of nitrogens with one attached hydrogen (secondary N) is 2. The Hall–Kier alpha value is -4.38. The fourth-order valence-electron chi connectivity index (χ4n) is 4.53. The molecule has 1 aliphatic rings. The number of anilines is 2. The molecule has 1 atom stereocenters.